The summed E-state index contributed by atoms with van der Waals surface area (Å²) in [5.74, 6) is 9.38. The Morgan fingerprint density at radius 1 is 0.705 bits per heavy atom. The minimum absolute atomic E-state index is 0. The Morgan fingerprint density at radius 3 is 2.08 bits per heavy atom. The van der Waals surface area contributed by atoms with E-state index in [-0.39, 0.29) is 31.9 Å². The van der Waals surface area contributed by atoms with Crippen molar-refractivity contribution in [3.63, 3.8) is 0 Å². The largest absolute Gasteiger partial charge is 0.501 e. The zero-order valence-electron chi connectivity index (χ0n) is 36.7. The minimum Gasteiger partial charge on any atom is -0.501 e. The van der Waals surface area contributed by atoms with E-state index < -0.39 is 13.3 Å². The Hall–Kier alpha value is -5.14. The molecule has 4 heterocycles. The van der Waals surface area contributed by atoms with Crippen LogP contribution < -0.4 is 4.40 Å². The number of benzene rings is 5. The molecule has 311 valence electrons. The summed E-state index contributed by atoms with van der Waals surface area (Å²) >= 11 is -1.86. The number of nitrogens with zero attached hydrogens (tertiary/aromatic N) is 4. The summed E-state index contributed by atoms with van der Waals surface area (Å²) in [7, 11) is 0. The van der Waals surface area contributed by atoms with Crippen LogP contribution in [0.2, 0.25) is 17.3 Å². The molecule has 0 unspecified atom stereocenters. The van der Waals surface area contributed by atoms with E-state index in [1.807, 2.05) is 54.9 Å². The van der Waals surface area contributed by atoms with Crippen LogP contribution >= 0.6 is 0 Å². The molecular formula is C54H54GeIrN4O-2. The van der Waals surface area contributed by atoms with Crippen molar-refractivity contribution in [3.8, 4) is 39.5 Å². The van der Waals surface area contributed by atoms with Gasteiger partial charge in [-0.3, -0.25) is 9.97 Å². The van der Waals surface area contributed by atoms with Crippen LogP contribution in [0.15, 0.2) is 138 Å². The number of rotatable bonds is 9. The average molecular weight is 1040 g/mol. The first kappa shape index (κ1) is 43.9. The summed E-state index contributed by atoms with van der Waals surface area (Å²) in [6.07, 6.45) is 6.96. The first-order valence-corrected chi connectivity index (χ1v) is 28.6. The van der Waals surface area contributed by atoms with Crippen LogP contribution in [0.1, 0.15) is 70.1 Å². The predicted molar refractivity (Wildman–Crippen MR) is 254 cm³/mol. The molecule has 0 atom stereocenters. The fourth-order valence-corrected chi connectivity index (χ4v) is 11.6. The van der Waals surface area contributed by atoms with E-state index in [1.165, 1.54) is 33.5 Å². The number of furan rings is 1. The molecule has 7 heteroatoms. The van der Waals surface area contributed by atoms with Crippen molar-refractivity contribution in [3.05, 3.63) is 163 Å². The normalized spacial score (nSPS) is 11.7. The molecule has 1 radical (unpaired) electrons. The molecule has 0 saturated carbocycles. The SMILES string of the molecule is CC(C)Cc1cc(-c2[c-]cccc2)nc[c]1[Ge]([CH3])([CH3])[CH3].CC(C)c1cc(-c2ccccc2)cc(C(C)C)c1-n1c(-c2[c-]ccc3c2oc2ccccc23)nc2cnccc21.[Ir]. The molecule has 0 aliphatic rings. The first-order chi connectivity index (χ1) is 28.9. The number of para-hydroxylation sites is 1. The maximum Gasteiger partial charge on any atom is 0.120 e. The van der Waals surface area contributed by atoms with Gasteiger partial charge in [0.25, 0.3) is 0 Å². The van der Waals surface area contributed by atoms with E-state index in [9.17, 15) is 0 Å². The molecule has 61 heavy (non-hydrogen) atoms. The van der Waals surface area contributed by atoms with Crippen LogP contribution in [0.4, 0.5) is 0 Å². The van der Waals surface area contributed by atoms with E-state index in [2.05, 4.69) is 159 Å². The van der Waals surface area contributed by atoms with Crippen molar-refractivity contribution in [1.29, 1.82) is 0 Å². The van der Waals surface area contributed by atoms with Crippen LogP contribution in [0, 0.1) is 18.1 Å². The molecule has 4 aromatic heterocycles. The van der Waals surface area contributed by atoms with Crippen molar-refractivity contribution < 1.29 is 24.5 Å². The molecular weight excluding hydrogens is 985 g/mol. The summed E-state index contributed by atoms with van der Waals surface area (Å²) in [6.45, 7) is 13.6. The molecule has 0 N–H and O–H groups in total. The third-order valence-corrected chi connectivity index (χ3v) is 15.5. The van der Waals surface area contributed by atoms with Crippen molar-refractivity contribution in [2.75, 3.05) is 0 Å². The number of pyridine rings is 2. The molecule has 0 fully saturated rings. The van der Waals surface area contributed by atoms with E-state index >= 15 is 0 Å². The summed E-state index contributed by atoms with van der Waals surface area (Å²) in [5, 5.41) is 2.16. The van der Waals surface area contributed by atoms with Gasteiger partial charge in [-0.05, 0) is 58.4 Å². The van der Waals surface area contributed by atoms with Crippen LogP contribution in [-0.2, 0) is 26.5 Å². The van der Waals surface area contributed by atoms with Crippen molar-refractivity contribution >= 4 is 50.6 Å². The van der Waals surface area contributed by atoms with Crippen LogP contribution in [0.5, 0.6) is 0 Å². The average Bonchev–Trinajstić information content (AvgIpc) is 3.82. The first-order valence-electron chi connectivity index (χ1n) is 21.2. The molecule has 0 aliphatic heterocycles. The van der Waals surface area contributed by atoms with Crippen LogP contribution in [0.3, 0.4) is 0 Å². The zero-order valence-corrected chi connectivity index (χ0v) is 41.2. The second kappa shape index (κ2) is 18.5. The number of fused-ring (bicyclic) bond motifs is 4. The quantitative estimate of drug-likeness (QED) is 0.107. The van der Waals surface area contributed by atoms with Gasteiger partial charge < -0.3 is 8.98 Å². The Balaban J connectivity index is 0.000000226. The minimum atomic E-state index is -1.86. The van der Waals surface area contributed by atoms with Gasteiger partial charge in [-0.15, -0.1) is 18.2 Å². The van der Waals surface area contributed by atoms with E-state index in [0.29, 0.717) is 5.92 Å². The van der Waals surface area contributed by atoms with Crippen LogP contribution in [0.25, 0.3) is 72.4 Å². The van der Waals surface area contributed by atoms with Gasteiger partial charge >= 0.3 is 126 Å². The standard InChI is InChI=1S/C36H30N3O.C18H24GeN.Ir/c1-22(2)29-19-25(24-11-6-5-7-12-24)20-30(23(3)4)34(29)39-32-17-18-37-21-31(32)38-36(39)28-15-10-14-27-26-13-8-9-16-33(26)40-35(27)28;1-14(2)11-16-12-18(15-9-7-6-8-10-15)20-13-17(16)19(3,4)5;/h5-14,16-23H,1-4H3;6-9,12-14H,11H2,1-5H3;/q2*-1;. The molecule has 0 spiro atoms. The Labute approximate surface area is 377 Å². The third kappa shape index (κ3) is 9.09. The van der Waals surface area contributed by atoms with Crippen LogP contribution in [-0.4, -0.2) is 32.8 Å². The van der Waals surface area contributed by atoms with Gasteiger partial charge in [0.1, 0.15) is 5.58 Å². The maximum atomic E-state index is 6.46. The van der Waals surface area contributed by atoms with Gasteiger partial charge in [0.15, 0.2) is 0 Å². The number of hydrogen-bond acceptors (Lipinski definition) is 4. The predicted octanol–water partition coefficient (Wildman–Crippen LogP) is 14.0. The second-order valence-electron chi connectivity index (χ2n) is 17.9. The number of hydrogen-bond donors (Lipinski definition) is 0. The fraction of sp³-hybridized carbons (Fsp3) is 0.241. The van der Waals surface area contributed by atoms with Gasteiger partial charge in [-0.2, -0.15) is 0 Å². The molecule has 9 rings (SSSR count). The van der Waals surface area contributed by atoms with E-state index in [4.69, 9.17) is 14.4 Å². The topological polar surface area (TPSA) is 56.7 Å². The molecule has 0 saturated heterocycles. The molecule has 0 amide bonds. The van der Waals surface area contributed by atoms with Gasteiger partial charge in [-0.25, -0.2) is 0 Å². The summed E-state index contributed by atoms with van der Waals surface area (Å²) < 4.78 is 10.3. The van der Waals surface area contributed by atoms with Gasteiger partial charge in [0.2, 0.25) is 0 Å². The Morgan fingerprint density at radius 2 is 1.41 bits per heavy atom. The third-order valence-electron chi connectivity index (χ3n) is 11.2. The number of imidazole rings is 1. The molecule has 0 aliphatic carbocycles. The zero-order chi connectivity index (χ0) is 42.1. The molecule has 5 nitrogen and oxygen atoms in total. The van der Waals surface area contributed by atoms with Crippen molar-refractivity contribution in [2.45, 2.75) is 77.1 Å². The molecule has 9 aromatic rings. The maximum absolute atomic E-state index is 6.46. The fourth-order valence-electron chi connectivity index (χ4n) is 8.28. The smallest absolute Gasteiger partial charge is 0.120 e. The van der Waals surface area contributed by atoms with E-state index in [1.54, 1.807) is 4.40 Å². The van der Waals surface area contributed by atoms with E-state index in [0.717, 1.165) is 62.0 Å². The summed E-state index contributed by atoms with van der Waals surface area (Å²) in [5.41, 5.74) is 14.2. The summed E-state index contributed by atoms with van der Waals surface area (Å²) in [6, 6.07) is 46.8. The van der Waals surface area contributed by atoms with Gasteiger partial charge in [0, 0.05) is 37.4 Å². The molecule has 5 aromatic carbocycles. The van der Waals surface area contributed by atoms with Crippen molar-refractivity contribution in [2.24, 2.45) is 5.92 Å². The van der Waals surface area contributed by atoms with Crippen molar-refractivity contribution in [1.82, 2.24) is 19.5 Å². The van der Waals surface area contributed by atoms with Gasteiger partial charge in [-0.1, -0.05) is 87.2 Å². The Kier molecular flexibility index (Phi) is 13.3. The monoisotopic (exact) mass is 1040 g/mol. The van der Waals surface area contributed by atoms with Gasteiger partial charge in [0.05, 0.1) is 28.6 Å². The second-order valence-corrected chi connectivity index (χ2v) is 28.4. The Bertz CT molecular complexity index is 2900. The number of aromatic nitrogens is 4. The summed E-state index contributed by atoms with van der Waals surface area (Å²) in [4.78, 5) is 14.3. The molecule has 0 bridgehead atoms.